The number of rotatable bonds is 33. The van der Waals surface area contributed by atoms with Gasteiger partial charge >= 0.3 is 6.09 Å². The van der Waals surface area contributed by atoms with E-state index in [1.165, 1.54) is 141 Å². The van der Waals surface area contributed by atoms with E-state index in [1.807, 2.05) is 0 Å². The Morgan fingerprint density at radius 3 is 1.30 bits per heavy atom. The summed E-state index contributed by atoms with van der Waals surface area (Å²) < 4.78 is 5.19. The second kappa shape index (κ2) is 37.4. The molecule has 0 spiro atoms. The summed E-state index contributed by atoms with van der Waals surface area (Å²) in [5.74, 6) is 0. The Hall–Kier alpha value is -1.81. The number of nitrogens with two attached hydrogens (primary N) is 1. The van der Waals surface area contributed by atoms with Crippen LogP contribution >= 0.6 is 0 Å². The molecule has 0 fully saturated rings. The zero-order chi connectivity index (χ0) is 32.0. The van der Waals surface area contributed by atoms with E-state index < -0.39 is 0 Å². The highest BCUT2D eigenvalue weighted by Crippen LogP contribution is 2.16. The molecule has 0 unspecified atom stereocenters. The summed E-state index contributed by atoms with van der Waals surface area (Å²) >= 11 is 0. The Morgan fingerprint density at radius 1 is 0.545 bits per heavy atom. The molecule has 0 atom stereocenters. The number of nitrogens with one attached hydrogen (secondary N) is 1. The summed E-state index contributed by atoms with van der Waals surface area (Å²) in [5.41, 5.74) is 5.50. The minimum absolute atomic E-state index is 0.219. The van der Waals surface area contributed by atoms with Crippen molar-refractivity contribution in [2.75, 3.05) is 13.2 Å². The van der Waals surface area contributed by atoms with Crippen LogP contribution in [0, 0.1) is 0 Å². The Balaban J connectivity index is 3.88. The van der Waals surface area contributed by atoms with Crippen molar-refractivity contribution >= 4 is 6.09 Å². The molecule has 0 saturated heterocycles. The van der Waals surface area contributed by atoms with Crippen molar-refractivity contribution in [3.63, 3.8) is 0 Å². The first kappa shape index (κ1) is 42.2. The minimum atomic E-state index is -0.305. The van der Waals surface area contributed by atoms with Crippen LogP contribution < -0.4 is 11.1 Å². The number of amides is 1. The van der Waals surface area contributed by atoms with Gasteiger partial charge in [0, 0.05) is 12.6 Å². The first-order chi connectivity index (χ1) is 21.7. The monoisotopic (exact) mass is 615 g/mol. The molecule has 0 bridgehead atoms. The molecule has 0 aromatic rings. The van der Waals surface area contributed by atoms with Crippen LogP contribution in [-0.4, -0.2) is 25.3 Å². The van der Waals surface area contributed by atoms with Crippen LogP contribution in [0.4, 0.5) is 4.79 Å². The van der Waals surface area contributed by atoms with Crippen molar-refractivity contribution in [1.29, 1.82) is 0 Å². The second-order valence-corrected chi connectivity index (χ2v) is 12.5. The quantitative estimate of drug-likeness (QED) is 0.0571. The molecule has 0 aliphatic rings. The highest BCUT2D eigenvalue weighted by molar-refractivity contribution is 5.67. The number of ether oxygens (including phenoxy) is 1. The van der Waals surface area contributed by atoms with E-state index in [-0.39, 0.29) is 18.7 Å². The molecule has 3 N–H and O–H groups in total. The van der Waals surface area contributed by atoms with Gasteiger partial charge in [0.15, 0.2) is 0 Å². The number of hydrogen-bond donors (Lipinski definition) is 2. The van der Waals surface area contributed by atoms with Gasteiger partial charge in [0.05, 0.1) is 0 Å². The lowest BCUT2D eigenvalue weighted by Gasteiger charge is -2.18. The van der Waals surface area contributed by atoms with Crippen LogP contribution in [-0.2, 0) is 4.74 Å². The Bertz CT molecular complexity index is 649. The number of hydrogen-bond acceptors (Lipinski definition) is 3. The van der Waals surface area contributed by atoms with E-state index in [4.69, 9.17) is 10.5 Å². The molecule has 0 heterocycles. The van der Waals surface area contributed by atoms with Crippen molar-refractivity contribution < 1.29 is 9.53 Å². The summed E-state index contributed by atoms with van der Waals surface area (Å²) in [7, 11) is 0. The van der Waals surface area contributed by atoms with Crippen molar-refractivity contribution in [2.45, 2.75) is 187 Å². The van der Waals surface area contributed by atoms with Gasteiger partial charge in [-0.25, -0.2) is 4.79 Å². The summed E-state index contributed by atoms with van der Waals surface area (Å²) in [6, 6.07) is 0.219. The maximum Gasteiger partial charge on any atom is 0.407 e. The van der Waals surface area contributed by atoms with Crippen LogP contribution in [0.15, 0.2) is 48.6 Å². The molecule has 0 rings (SSSR count). The third-order valence-corrected chi connectivity index (χ3v) is 8.18. The zero-order valence-electron chi connectivity index (χ0n) is 29.4. The Kier molecular flexibility index (Phi) is 35.8. The molecule has 1 amide bonds. The first-order valence-electron chi connectivity index (χ1n) is 19.0. The van der Waals surface area contributed by atoms with E-state index in [2.05, 4.69) is 67.8 Å². The average Bonchev–Trinajstić information content (AvgIpc) is 3.03. The first-order valence-corrected chi connectivity index (χ1v) is 19.0. The van der Waals surface area contributed by atoms with Crippen LogP contribution in [0.1, 0.15) is 181 Å². The second-order valence-electron chi connectivity index (χ2n) is 12.5. The molecule has 44 heavy (non-hydrogen) atoms. The number of carbonyl (C=O) groups is 1. The largest absolute Gasteiger partial charge is 0.448 e. The third kappa shape index (κ3) is 34.7. The summed E-state index contributed by atoms with van der Waals surface area (Å²) in [5, 5.41) is 3.11. The zero-order valence-corrected chi connectivity index (χ0v) is 29.4. The van der Waals surface area contributed by atoms with Crippen LogP contribution in [0.3, 0.4) is 0 Å². The molecule has 256 valence electrons. The Morgan fingerprint density at radius 2 is 0.909 bits per heavy atom. The highest BCUT2D eigenvalue weighted by Gasteiger charge is 2.12. The number of allylic oxidation sites excluding steroid dienone is 8. The maximum absolute atomic E-state index is 12.1. The van der Waals surface area contributed by atoms with Crippen LogP contribution in [0.2, 0.25) is 0 Å². The molecule has 4 nitrogen and oxygen atoms in total. The van der Waals surface area contributed by atoms with Gasteiger partial charge in [-0.1, -0.05) is 152 Å². The van der Waals surface area contributed by atoms with Gasteiger partial charge in [-0.15, -0.1) is 0 Å². The summed E-state index contributed by atoms with van der Waals surface area (Å²) in [6.45, 7) is 5.17. The fourth-order valence-electron chi connectivity index (χ4n) is 5.41. The van der Waals surface area contributed by atoms with E-state index in [1.54, 1.807) is 0 Å². The molecule has 0 aliphatic carbocycles. The summed E-state index contributed by atoms with van der Waals surface area (Å²) in [6.07, 6.45) is 50.7. The molecular weight excluding hydrogens is 540 g/mol. The van der Waals surface area contributed by atoms with Crippen molar-refractivity contribution in [3.05, 3.63) is 48.6 Å². The van der Waals surface area contributed by atoms with Gasteiger partial charge in [0.1, 0.15) is 6.61 Å². The lowest BCUT2D eigenvalue weighted by molar-refractivity contribution is 0.143. The molecule has 0 radical (unpaired) electrons. The predicted octanol–water partition coefficient (Wildman–Crippen LogP) is 12.4. The van der Waals surface area contributed by atoms with Gasteiger partial charge < -0.3 is 15.8 Å². The third-order valence-electron chi connectivity index (χ3n) is 8.18. The van der Waals surface area contributed by atoms with Crippen molar-refractivity contribution in [1.82, 2.24) is 5.32 Å². The fraction of sp³-hybridized carbons (Fsp3) is 0.775. The van der Waals surface area contributed by atoms with Gasteiger partial charge in [-0.05, 0) is 77.0 Å². The van der Waals surface area contributed by atoms with Gasteiger partial charge in [-0.3, -0.25) is 0 Å². The fourth-order valence-corrected chi connectivity index (χ4v) is 5.41. The van der Waals surface area contributed by atoms with Crippen LogP contribution in [0.5, 0.6) is 0 Å². The van der Waals surface area contributed by atoms with Gasteiger partial charge in [-0.2, -0.15) is 0 Å². The topological polar surface area (TPSA) is 64.3 Å². The predicted molar refractivity (Wildman–Crippen MR) is 195 cm³/mol. The van der Waals surface area contributed by atoms with E-state index in [9.17, 15) is 4.79 Å². The van der Waals surface area contributed by atoms with Gasteiger partial charge in [0.2, 0.25) is 0 Å². The average molecular weight is 615 g/mol. The van der Waals surface area contributed by atoms with Crippen molar-refractivity contribution in [2.24, 2.45) is 5.73 Å². The van der Waals surface area contributed by atoms with Crippen LogP contribution in [0.25, 0.3) is 0 Å². The Labute approximate surface area is 274 Å². The molecule has 0 aromatic carbocycles. The molecular formula is C40H74N2O2. The molecule has 0 aromatic heterocycles. The highest BCUT2D eigenvalue weighted by atomic mass is 16.5. The van der Waals surface area contributed by atoms with E-state index >= 15 is 0 Å². The smallest absolute Gasteiger partial charge is 0.407 e. The lowest BCUT2D eigenvalue weighted by atomic mass is 10.00. The molecule has 0 aliphatic heterocycles. The normalized spacial score (nSPS) is 12.2. The van der Waals surface area contributed by atoms with E-state index in [0.29, 0.717) is 6.54 Å². The minimum Gasteiger partial charge on any atom is -0.448 e. The number of unbranched alkanes of at least 4 members (excludes halogenated alkanes) is 18. The lowest BCUT2D eigenvalue weighted by Crippen LogP contribution is -2.36. The number of carbonyl (C=O) groups excluding carboxylic acids is 1. The number of alkyl carbamates (subject to hydrolysis) is 1. The SMILES string of the molecule is CCCCC/C=C\C/C=C\CCCCCCCCC(CCCCCCCC/C=C\C/C=C\CCCCC)NC(=O)OCCN. The molecule has 0 saturated carbocycles. The maximum atomic E-state index is 12.1. The van der Waals surface area contributed by atoms with E-state index in [0.717, 1.165) is 25.7 Å². The summed E-state index contributed by atoms with van der Waals surface area (Å²) in [4.78, 5) is 12.1. The molecule has 4 heteroatoms. The van der Waals surface area contributed by atoms with Crippen molar-refractivity contribution in [3.8, 4) is 0 Å². The standard InChI is InChI=1S/C40H74N2O2/c1-3-5-7-9-11-13-15-17-19-21-23-25-27-29-31-33-35-39(42-40(43)44-38-37-41)36-34-32-30-28-26-24-22-20-18-16-14-12-10-8-6-4-2/h11-14,17-20,39H,3-10,15-16,21-38,41H2,1-2H3,(H,42,43)/b13-11-,14-12-,19-17-,20-18-. The van der Waals surface area contributed by atoms with Gasteiger partial charge in [0.25, 0.3) is 0 Å².